The Kier molecular flexibility index (Phi) is 3.56. The maximum Gasteiger partial charge on any atom is 0.133 e. The number of hydrogen-bond donors (Lipinski definition) is 1. The number of benzene rings is 1. The molecule has 0 aliphatic carbocycles. The molecule has 0 amide bonds. The third kappa shape index (κ3) is 2.50. The second-order valence-corrected chi connectivity index (χ2v) is 3.32. The lowest BCUT2D eigenvalue weighted by Crippen LogP contribution is -1.99. The molecule has 1 N–H and O–H groups in total. The van der Waals surface area contributed by atoms with E-state index < -0.39 is 0 Å². The van der Waals surface area contributed by atoms with Gasteiger partial charge in [0.15, 0.2) is 0 Å². The normalized spacial score (nSPS) is 11.4. The summed E-state index contributed by atoms with van der Waals surface area (Å²) in [5.74, 6) is 0. The number of hydrogen-bond acceptors (Lipinski definition) is 2. The molecule has 0 saturated heterocycles. The quantitative estimate of drug-likeness (QED) is 0.630. The molecule has 12 heavy (non-hydrogen) atoms. The molecule has 0 aliphatic rings. The van der Waals surface area contributed by atoms with Crippen molar-refractivity contribution in [3.63, 3.8) is 0 Å². The van der Waals surface area contributed by atoms with E-state index >= 15 is 0 Å². The van der Waals surface area contributed by atoms with Crippen LogP contribution in [0, 0.1) is 0 Å². The van der Waals surface area contributed by atoms with E-state index in [2.05, 4.69) is 26.5 Å². The number of nitrogens with zero attached hydrogens (tertiary/aromatic N) is 1. The largest absolute Gasteiger partial charge is 0.312 e. The fourth-order valence-electron chi connectivity index (χ4n) is 0.750. The summed E-state index contributed by atoms with van der Waals surface area (Å²) in [6.07, 6.45) is 0. The first-order valence-electron chi connectivity index (χ1n) is 3.40. The Bertz CT molecular complexity index is 282. The van der Waals surface area contributed by atoms with Gasteiger partial charge in [-0.2, -0.15) is 5.10 Å². The molecule has 4 heteroatoms. The van der Waals surface area contributed by atoms with Gasteiger partial charge in [-0.1, -0.05) is 23.7 Å². The molecule has 0 aliphatic heterocycles. The average molecular weight is 248 g/mol. The lowest BCUT2D eigenvalue weighted by atomic mass is 10.2. The molecule has 2 nitrogen and oxygen atoms in total. The van der Waals surface area contributed by atoms with Crippen LogP contribution in [0.15, 0.2) is 29.4 Å². The van der Waals surface area contributed by atoms with Crippen molar-refractivity contribution in [2.75, 3.05) is 7.05 Å². The van der Waals surface area contributed by atoms with Gasteiger partial charge in [-0.3, -0.25) is 0 Å². The van der Waals surface area contributed by atoms with Gasteiger partial charge in [0.05, 0.1) is 0 Å². The van der Waals surface area contributed by atoms with Crippen molar-refractivity contribution in [1.29, 1.82) is 0 Å². The number of nitrogens with one attached hydrogen (secondary N) is 1. The van der Waals surface area contributed by atoms with Gasteiger partial charge in [0, 0.05) is 17.6 Å². The van der Waals surface area contributed by atoms with Gasteiger partial charge in [-0.25, -0.2) is 0 Å². The molecule has 0 atom stereocenters. The highest BCUT2D eigenvalue weighted by atomic mass is 79.9. The lowest BCUT2D eigenvalue weighted by Gasteiger charge is -1.97. The van der Waals surface area contributed by atoms with Crippen LogP contribution in [-0.2, 0) is 0 Å². The Morgan fingerprint density at radius 1 is 1.42 bits per heavy atom. The monoisotopic (exact) mass is 246 g/mol. The molecular formula is C8H8BrClN2. The molecule has 0 aromatic heterocycles. The van der Waals surface area contributed by atoms with Crippen molar-refractivity contribution in [3.8, 4) is 0 Å². The minimum absolute atomic E-state index is 0.725. The SMILES string of the molecule is CNN=C(Br)c1ccc(Cl)cc1. The van der Waals surface area contributed by atoms with E-state index in [0.29, 0.717) is 0 Å². The highest BCUT2D eigenvalue weighted by molar-refractivity contribution is 9.18. The van der Waals surface area contributed by atoms with Gasteiger partial charge < -0.3 is 5.43 Å². The highest BCUT2D eigenvalue weighted by Crippen LogP contribution is 2.12. The molecule has 0 fully saturated rings. The zero-order valence-corrected chi connectivity index (χ0v) is 8.85. The summed E-state index contributed by atoms with van der Waals surface area (Å²) in [6, 6.07) is 7.44. The highest BCUT2D eigenvalue weighted by Gasteiger charge is 1.97. The second-order valence-electron chi connectivity index (χ2n) is 2.13. The van der Waals surface area contributed by atoms with E-state index in [-0.39, 0.29) is 0 Å². The maximum absolute atomic E-state index is 5.72. The van der Waals surface area contributed by atoms with E-state index in [1.807, 2.05) is 24.3 Å². The fourth-order valence-corrected chi connectivity index (χ4v) is 1.32. The number of halogens is 2. The predicted octanol–water partition coefficient (Wildman–Crippen LogP) is 2.62. The first-order valence-corrected chi connectivity index (χ1v) is 4.57. The van der Waals surface area contributed by atoms with Crippen molar-refractivity contribution >= 4 is 32.2 Å². The summed E-state index contributed by atoms with van der Waals surface area (Å²) in [5, 5.41) is 4.69. The van der Waals surface area contributed by atoms with E-state index in [4.69, 9.17) is 11.6 Å². The van der Waals surface area contributed by atoms with E-state index in [9.17, 15) is 0 Å². The molecule has 0 unspecified atom stereocenters. The molecule has 0 saturated carbocycles. The molecule has 0 bridgehead atoms. The van der Waals surface area contributed by atoms with Crippen LogP contribution in [0.5, 0.6) is 0 Å². The van der Waals surface area contributed by atoms with Crippen molar-refractivity contribution in [2.45, 2.75) is 0 Å². The van der Waals surface area contributed by atoms with Crippen molar-refractivity contribution in [2.24, 2.45) is 5.10 Å². The maximum atomic E-state index is 5.72. The molecule has 0 radical (unpaired) electrons. The van der Waals surface area contributed by atoms with Crippen LogP contribution in [0.2, 0.25) is 5.02 Å². The Morgan fingerprint density at radius 3 is 2.50 bits per heavy atom. The van der Waals surface area contributed by atoms with Gasteiger partial charge in [-0.05, 0) is 28.1 Å². The molecule has 1 rings (SSSR count). The summed E-state index contributed by atoms with van der Waals surface area (Å²) in [6.45, 7) is 0. The predicted molar refractivity (Wildman–Crippen MR) is 56.0 cm³/mol. The van der Waals surface area contributed by atoms with E-state index in [0.717, 1.165) is 15.2 Å². The van der Waals surface area contributed by atoms with Crippen LogP contribution in [0.3, 0.4) is 0 Å². The summed E-state index contributed by atoms with van der Waals surface area (Å²) in [4.78, 5) is 0. The average Bonchev–Trinajstić information content (AvgIpc) is 2.06. The van der Waals surface area contributed by atoms with Gasteiger partial charge >= 0.3 is 0 Å². The standard InChI is InChI=1S/C8H8BrClN2/c1-11-12-8(9)6-2-4-7(10)5-3-6/h2-5,11H,1H3. The van der Waals surface area contributed by atoms with Gasteiger partial charge in [-0.15, -0.1) is 0 Å². The summed E-state index contributed by atoms with van der Waals surface area (Å²) in [7, 11) is 1.75. The summed E-state index contributed by atoms with van der Waals surface area (Å²) < 4.78 is 0.765. The minimum Gasteiger partial charge on any atom is -0.312 e. The van der Waals surface area contributed by atoms with Crippen LogP contribution in [0.1, 0.15) is 5.56 Å². The van der Waals surface area contributed by atoms with E-state index in [1.165, 1.54) is 0 Å². The lowest BCUT2D eigenvalue weighted by molar-refractivity contribution is 0.906. The van der Waals surface area contributed by atoms with Crippen molar-refractivity contribution in [1.82, 2.24) is 5.43 Å². The summed E-state index contributed by atoms with van der Waals surface area (Å²) in [5.41, 5.74) is 3.68. The fraction of sp³-hybridized carbons (Fsp3) is 0.125. The number of rotatable bonds is 2. The Morgan fingerprint density at radius 2 is 2.00 bits per heavy atom. The zero-order valence-electron chi connectivity index (χ0n) is 6.51. The molecule has 64 valence electrons. The van der Waals surface area contributed by atoms with Crippen molar-refractivity contribution in [3.05, 3.63) is 34.9 Å². The Labute approximate surface area is 84.7 Å². The molecule has 1 aromatic carbocycles. The van der Waals surface area contributed by atoms with Crippen molar-refractivity contribution < 1.29 is 0 Å². The molecule has 1 aromatic rings. The molecule has 0 heterocycles. The number of hydrazone groups is 1. The first kappa shape index (κ1) is 9.55. The third-order valence-corrected chi connectivity index (χ3v) is 2.18. The van der Waals surface area contributed by atoms with Gasteiger partial charge in [0.25, 0.3) is 0 Å². The zero-order chi connectivity index (χ0) is 8.97. The van der Waals surface area contributed by atoms with Crippen LogP contribution >= 0.6 is 27.5 Å². The van der Waals surface area contributed by atoms with E-state index in [1.54, 1.807) is 7.05 Å². The Hall–Kier alpha value is -0.540. The van der Waals surface area contributed by atoms with Crippen LogP contribution < -0.4 is 5.43 Å². The first-order chi connectivity index (χ1) is 5.74. The second kappa shape index (κ2) is 4.48. The topological polar surface area (TPSA) is 24.4 Å². The third-order valence-electron chi connectivity index (χ3n) is 1.29. The van der Waals surface area contributed by atoms with Gasteiger partial charge in [0.2, 0.25) is 0 Å². The van der Waals surface area contributed by atoms with Gasteiger partial charge in [0.1, 0.15) is 4.62 Å². The molecular weight excluding hydrogens is 239 g/mol. The Balaban J connectivity index is 2.89. The smallest absolute Gasteiger partial charge is 0.133 e. The van der Waals surface area contributed by atoms with Crippen LogP contribution in [-0.4, -0.2) is 11.7 Å². The van der Waals surface area contributed by atoms with Crippen LogP contribution in [0.25, 0.3) is 0 Å². The minimum atomic E-state index is 0.725. The summed E-state index contributed by atoms with van der Waals surface area (Å²) >= 11 is 9.04. The molecule has 0 spiro atoms. The van der Waals surface area contributed by atoms with Crippen LogP contribution in [0.4, 0.5) is 0 Å².